The Morgan fingerprint density at radius 1 is 1.13 bits per heavy atom. The second-order valence-electron chi connectivity index (χ2n) is 4.05. The van der Waals surface area contributed by atoms with Gasteiger partial charge in [-0.15, -0.1) is 0 Å². The van der Waals surface area contributed by atoms with Gasteiger partial charge in [0.15, 0.2) is 9.84 Å². The number of hydrogen-bond acceptors (Lipinski definition) is 2. The van der Waals surface area contributed by atoms with Gasteiger partial charge in [-0.1, -0.05) is 39.0 Å². The van der Waals surface area contributed by atoms with Crippen LogP contribution < -0.4 is 0 Å². The van der Waals surface area contributed by atoms with Crippen molar-refractivity contribution in [2.75, 3.05) is 0 Å². The summed E-state index contributed by atoms with van der Waals surface area (Å²) in [6.45, 7) is 5.83. The monoisotopic (exact) mass is 226 g/mol. The topological polar surface area (TPSA) is 34.1 Å². The van der Waals surface area contributed by atoms with E-state index < -0.39 is 9.84 Å². The second kappa shape index (κ2) is 4.79. The summed E-state index contributed by atoms with van der Waals surface area (Å²) in [7, 11) is -3.15. The highest BCUT2D eigenvalue weighted by atomic mass is 32.2. The molecule has 0 bridgehead atoms. The van der Waals surface area contributed by atoms with Gasteiger partial charge in [-0.3, -0.25) is 0 Å². The van der Waals surface area contributed by atoms with E-state index in [1.165, 1.54) is 0 Å². The van der Waals surface area contributed by atoms with E-state index in [-0.39, 0.29) is 11.2 Å². The predicted molar refractivity (Wildman–Crippen MR) is 62.5 cm³/mol. The Labute approximate surface area is 92.2 Å². The molecule has 0 amide bonds. The minimum Gasteiger partial charge on any atom is -0.223 e. The summed E-state index contributed by atoms with van der Waals surface area (Å²) in [6.07, 6.45) is 0.662. The van der Waals surface area contributed by atoms with Crippen molar-refractivity contribution >= 4 is 9.84 Å². The third kappa shape index (κ3) is 2.59. The van der Waals surface area contributed by atoms with Crippen molar-refractivity contribution in [2.45, 2.75) is 37.3 Å². The number of benzene rings is 1. The maximum atomic E-state index is 12.2. The van der Waals surface area contributed by atoms with Crippen molar-refractivity contribution in [2.24, 2.45) is 5.92 Å². The first kappa shape index (κ1) is 12.2. The zero-order valence-corrected chi connectivity index (χ0v) is 10.3. The fourth-order valence-electron chi connectivity index (χ4n) is 1.83. The Kier molecular flexibility index (Phi) is 3.91. The first-order valence-electron chi connectivity index (χ1n) is 5.29. The Morgan fingerprint density at radius 2 is 1.67 bits per heavy atom. The molecule has 0 radical (unpaired) electrons. The molecule has 84 valence electrons. The van der Waals surface area contributed by atoms with E-state index >= 15 is 0 Å². The van der Waals surface area contributed by atoms with Crippen molar-refractivity contribution in [3.8, 4) is 0 Å². The Balaban J connectivity index is 3.13. The third-order valence-electron chi connectivity index (χ3n) is 2.62. The van der Waals surface area contributed by atoms with Crippen LogP contribution in [-0.4, -0.2) is 13.7 Å². The molecule has 0 aliphatic rings. The maximum absolute atomic E-state index is 12.2. The minimum absolute atomic E-state index is 0.153. The summed E-state index contributed by atoms with van der Waals surface area (Å²) >= 11 is 0. The van der Waals surface area contributed by atoms with Crippen LogP contribution in [0.3, 0.4) is 0 Å². The molecule has 1 aromatic carbocycles. The van der Waals surface area contributed by atoms with E-state index in [1.807, 2.05) is 26.8 Å². The molecule has 1 aromatic rings. The standard InChI is InChI=1S/C12H18O2S/c1-4-12(10(2)3)15(13,14)11-8-6-5-7-9-11/h5-10,12H,4H2,1-3H3. The van der Waals surface area contributed by atoms with Gasteiger partial charge >= 0.3 is 0 Å². The van der Waals surface area contributed by atoms with Gasteiger partial charge in [-0.25, -0.2) is 8.42 Å². The lowest BCUT2D eigenvalue weighted by atomic mass is 10.1. The van der Waals surface area contributed by atoms with Gasteiger partial charge in [-0.05, 0) is 24.5 Å². The lowest BCUT2D eigenvalue weighted by Crippen LogP contribution is -2.26. The van der Waals surface area contributed by atoms with Gasteiger partial charge in [0.25, 0.3) is 0 Å². The third-order valence-corrected chi connectivity index (χ3v) is 5.22. The molecule has 2 nitrogen and oxygen atoms in total. The van der Waals surface area contributed by atoms with E-state index in [2.05, 4.69) is 0 Å². The van der Waals surface area contributed by atoms with Crippen LogP contribution in [0.4, 0.5) is 0 Å². The summed E-state index contributed by atoms with van der Waals surface area (Å²) in [6, 6.07) is 8.69. The molecule has 0 spiro atoms. The first-order chi connectivity index (χ1) is 7.00. The first-order valence-corrected chi connectivity index (χ1v) is 6.83. The number of hydrogen-bond donors (Lipinski definition) is 0. The van der Waals surface area contributed by atoms with Crippen molar-refractivity contribution in [3.63, 3.8) is 0 Å². The highest BCUT2D eigenvalue weighted by Crippen LogP contribution is 2.23. The molecule has 0 aliphatic carbocycles. The lowest BCUT2D eigenvalue weighted by molar-refractivity contribution is 0.522. The second-order valence-corrected chi connectivity index (χ2v) is 6.22. The van der Waals surface area contributed by atoms with E-state index in [0.29, 0.717) is 11.3 Å². The largest absolute Gasteiger partial charge is 0.223 e. The van der Waals surface area contributed by atoms with Crippen molar-refractivity contribution in [1.82, 2.24) is 0 Å². The van der Waals surface area contributed by atoms with E-state index in [4.69, 9.17) is 0 Å². The summed E-state index contributed by atoms with van der Waals surface area (Å²) in [5.41, 5.74) is 0. The molecule has 0 saturated carbocycles. The van der Waals surface area contributed by atoms with Crippen LogP contribution in [0.25, 0.3) is 0 Å². The molecule has 1 unspecified atom stereocenters. The molecule has 0 fully saturated rings. The van der Waals surface area contributed by atoms with Crippen molar-refractivity contribution in [3.05, 3.63) is 30.3 Å². The molecule has 0 heterocycles. The molecule has 1 atom stereocenters. The van der Waals surface area contributed by atoms with Crippen LogP contribution in [0.1, 0.15) is 27.2 Å². The quantitative estimate of drug-likeness (QED) is 0.791. The van der Waals surface area contributed by atoms with Crippen molar-refractivity contribution < 1.29 is 8.42 Å². The zero-order valence-electron chi connectivity index (χ0n) is 9.47. The predicted octanol–water partition coefficient (Wildman–Crippen LogP) is 2.89. The SMILES string of the molecule is CCC(C(C)C)S(=O)(=O)c1ccccc1. The van der Waals surface area contributed by atoms with E-state index in [0.717, 1.165) is 0 Å². The Hall–Kier alpha value is -0.830. The average molecular weight is 226 g/mol. The van der Waals surface area contributed by atoms with Gasteiger partial charge in [0.1, 0.15) is 0 Å². The molecular formula is C12H18O2S. The molecule has 15 heavy (non-hydrogen) atoms. The smallest absolute Gasteiger partial charge is 0.181 e. The van der Waals surface area contributed by atoms with Gasteiger partial charge in [0.05, 0.1) is 10.1 Å². The highest BCUT2D eigenvalue weighted by molar-refractivity contribution is 7.92. The highest BCUT2D eigenvalue weighted by Gasteiger charge is 2.28. The molecule has 1 rings (SSSR count). The van der Waals surface area contributed by atoms with Crippen LogP contribution in [0, 0.1) is 5.92 Å². The van der Waals surface area contributed by atoms with Gasteiger partial charge in [0.2, 0.25) is 0 Å². The van der Waals surface area contributed by atoms with Crippen LogP contribution in [0.2, 0.25) is 0 Å². The summed E-state index contributed by atoms with van der Waals surface area (Å²) in [4.78, 5) is 0.436. The van der Waals surface area contributed by atoms with Crippen LogP contribution in [-0.2, 0) is 9.84 Å². The Bertz CT molecular complexity index is 393. The molecular weight excluding hydrogens is 208 g/mol. The summed E-state index contributed by atoms with van der Waals surface area (Å²) < 4.78 is 24.4. The molecule has 0 aromatic heterocycles. The summed E-state index contributed by atoms with van der Waals surface area (Å²) in [5, 5.41) is -0.278. The number of sulfone groups is 1. The molecule has 0 aliphatic heterocycles. The van der Waals surface area contributed by atoms with Gasteiger partial charge in [0, 0.05) is 0 Å². The summed E-state index contributed by atoms with van der Waals surface area (Å²) in [5.74, 6) is 0.153. The Morgan fingerprint density at radius 3 is 2.07 bits per heavy atom. The van der Waals surface area contributed by atoms with E-state index in [9.17, 15) is 8.42 Å². The molecule has 0 saturated heterocycles. The minimum atomic E-state index is -3.15. The van der Waals surface area contributed by atoms with Crippen LogP contribution in [0.5, 0.6) is 0 Å². The molecule has 3 heteroatoms. The fraction of sp³-hybridized carbons (Fsp3) is 0.500. The zero-order chi connectivity index (χ0) is 11.5. The van der Waals surface area contributed by atoms with Gasteiger partial charge < -0.3 is 0 Å². The van der Waals surface area contributed by atoms with Crippen LogP contribution in [0.15, 0.2) is 35.2 Å². The van der Waals surface area contributed by atoms with Crippen LogP contribution >= 0.6 is 0 Å². The molecule has 0 N–H and O–H groups in total. The maximum Gasteiger partial charge on any atom is 0.181 e. The lowest BCUT2D eigenvalue weighted by Gasteiger charge is -2.19. The van der Waals surface area contributed by atoms with E-state index in [1.54, 1.807) is 24.3 Å². The average Bonchev–Trinajstić information content (AvgIpc) is 2.19. The fourth-order valence-corrected chi connectivity index (χ4v) is 3.88. The normalized spacial score (nSPS) is 14.1. The number of rotatable bonds is 4. The van der Waals surface area contributed by atoms with Crippen molar-refractivity contribution in [1.29, 1.82) is 0 Å². The van der Waals surface area contributed by atoms with Gasteiger partial charge in [-0.2, -0.15) is 0 Å².